The Morgan fingerprint density at radius 1 is 1.44 bits per heavy atom. The van der Waals surface area contributed by atoms with Crippen LogP contribution in [0.2, 0.25) is 0 Å². The molecule has 0 spiro atoms. The summed E-state index contributed by atoms with van der Waals surface area (Å²) in [6, 6.07) is 6.82. The van der Waals surface area contributed by atoms with Crippen LogP contribution in [-0.4, -0.2) is 23.7 Å². The molecule has 0 unspecified atom stereocenters. The lowest BCUT2D eigenvalue weighted by Crippen LogP contribution is -2.32. The number of halogens is 1. The van der Waals surface area contributed by atoms with Crippen LogP contribution in [-0.2, 0) is 11.2 Å². The summed E-state index contributed by atoms with van der Waals surface area (Å²) in [5.74, 6) is -0.204. The van der Waals surface area contributed by atoms with E-state index >= 15 is 0 Å². The van der Waals surface area contributed by atoms with E-state index in [0.29, 0.717) is 6.42 Å². The number of amides is 1. The molecule has 5 heteroatoms. The van der Waals surface area contributed by atoms with Gasteiger partial charge in [-0.3, -0.25) is 4.79 Å². The Labute approximate surface area is 101 Å². The number of aliphatic hydroxyl groups is 1. The number of nitrogens with one attached hydrogen (secondary N) is 1. The number of anilines is 1. The van der Waals surface area contributed by atoms with E-state index in [1.807, 2.05) is 12.1 Å². The summed E-state index contributed by atoms with van der Waals surface area (Å²) in [7, 11) is 0. The van der Waals surface area contributed by atoms with Crippen LogP contribution in [0.4, 0.5) is 5.69 Å². The van der Waals surface area contributed by atoms with E-state index in [9.17, 15) is 4.79 Å². The van der Waals surface area contributed by atoms with Crippen molar-refractivity contribution >= 4 is 24.0 Å². The number of nitrogens with two attached hydrogens (primary N) is 1. The zero-order chi connectivity index (χ0) is 11.3. The second-order valence-corrected chi connectivity index (χ2v) is 3.45. The van der Waals surface area contributed by atoms with Crippen LogP contribution in [0.25, 0.3) is 0 Å². The van der Waals surface area contributed by atoms with Crippen LogP contribution >= 0.6 is 12.4 Å². The molecule has 0 saturated heterocycles. The van der Waals surface area contributed by atoms with E-state index in [1.54, 1.807) is 19.1 Å². The predicted molar refractivity (Wildman–Crippen MR) is 66.8 cm³/mol. The minimum Gasteiger partial charge on any atom is -0.396 e. The number of hydrogen-bond donors (Lipinski definition) is 3. The highest BCUT2D eigenvalue weighted by Crippen LogP contribution is 2.09. The minimum atomic E-state index is -0.512. The van der Waals surface area contributed by atoms with E-state index in [4.69, 9.17) is 10.8 Å². The zero-order valence-corrected chi connectivity index (χ0v) is 9.96. The molecule has 0 radical (unpaired) electrons. The van der Waals surface area contributed by atoms with Crippen LogP contribution in [0.1, 0.15) is 12.5 Å². The summed E-state index contributed by atoms with van der Waals surface area (Å²) in [6.07, 6.45) is 0.627. The number of rotatable bonds is 4. The van der Waals surface area contributed by atoms with Crippen molar-refractivity contribution in [3.63, 3.8) is 0 Å². The molecule has 0 aromatic heterocycles. The first-order valence-electron chi connectivity index (χ1n) is 4.89. The van der Waals surface area contributed by atoms with Gasteiger partial charge in [-0.2, -0.15) is 0 Å². The monoisotopic (exact) mass is 244 g/mol. The van der Waals surface area contributed by atoms with Crippen LogP contribution in [0.3, 0.4) is 0 Å². The molecule has 0 heterocycles. The fourth-order valence-corrected chi connectivity index (χ4v) is 1.14. The van der Waals surface area contributed by atoms with Gasteiger partial charge < -0.3 is 16.2 Å². The number of benzene rings is 1. The SMILES string of the molecule is C[C@@H](N)C(=O)Nc1ccc(CCO)cc1.Cl. The van der Waals surface area contributed by atoms with Crippen molar-refractivity contribution in [1.82, 2.24) is 0 Å². The third-order valence-corrected chi connectivity index (χ3v) is 2.04. The Bertz CT molecular complexity index is 325. The molecule has 1 atom stereocenters. The van der Waals surface area contributed by atoms with Gasteiger partial charge in [0.15, 0.2) is 0 Å². The number of carbonyl (C=O) groups is 1. The van der Waals surface area contributed by atoms with E-state index in [-0.39, 0.29) is 24.9 Å². The summed E-state index contributed by atoms with van der Waals surface area (Å²) in [5, 5.41) is 11.4. The van der Waals surface area contributed by atoms with Crippen molar-refractivity contribution in [2.24, 2.45) is 5.73 Å². The summed E-state index contributed by atoms with van der Waals surface area (Å²) in [5.41, 5.74) is 7.18. The average Bonchev–Trinajstić information content (AvgIpc) is 2.21. The molecular weight excluding hydrogens is 228 g/mol. The summed E-state index contributed by atoms with van der Waals surface area (Å²) in [4.78, 5) is 11.2. The lowest BCUT2D eigenvalue weighted by molar-refractivity contribution is -0.117. The van der Waals surface area contributed by atoms with Crippen molar-refractivity contribution in [3.05, 3.63) is 29.8 Å². The summed E-state index contributed by atoms with van der Waals surface area (Å²) < 4.78 is 0. The molecule has 0 saturated carbocycles. The second kappa shape index (κ2) is 7.22. The average molecular weight is 245 g/mol. The lowest BCUT2D eigenvalue weighted by Gasteiger charge is -2.08. The molecule has 1 aromatic rings. The van der Waals surface area contributed by atoms with Crippen LogP contribution in [0, 0.1) is 0 Å². The molecule has 0 fully saturated rings. The molecule has 0 bridgehead atoms. The van der Waals surface area contributed by atoms with Gasteiger partial charge in [-0.25, -0.2) is 0 Å². The van der Waals surface area contributed by atoms with Crippen molar-refractivity contribution in [2.75, 3.05) is 11.9 Å². The molecule has 0 aliphatic rings. The van der Waals surface area contributed by atoms with Gasteiger partial charge in [-0.05, 0) is 31.0 Å². The fraction of sp³-hybridized carbons (Fsp3) is 0.364. The Kier molecular flexibility index (Phi) is 6.72. The van der Waals surface area contributed by atoms with Gasteiger partial charge in [0, 0.05) is 12.3 Å². The first-order chi connectivity index (χ1) is 7.13. The van der Waals surface area contributed by atoms with Crippen molar-refractivity contribution in [2.45, 2.75) is 19.4 Å². The van der Waals surface area contributed by atoms with Gasteiger partial charge in [-0.15, -0.1) is 12.4 Å². The number of carbonyl (C=O) groups excluding carboxylic acids is 1. The smallest absolute Gasteiger partial charge is 0.240 e. The Morgan fingerprint density at radius 2 is 2.00 bits per heavy atom. The molecule has 0 aliphatic heterocycles. The molecule has 16 heavy (non-hydrogen) atoms. The van der Waals surface area contributed by atoms with E-state index in [1.165, 1.54) is 0 Å². The van der Waals surface area contributed by atoms with Gasteiger partial charge in [0.1, 0.15) is 0 Å². The number of aliphatic hydroxyl groups excluding tert-OH is 1. The Balaban J connectivity index is 0.00000225. The summed E-state index contributed by atoms with van der Waals surface area (Å²) >= 11 is 0. The second-order valence-electron chi connectivity index (χ2n) is 3.45. The van der Waals surface area contributed by atoms with Crippen molar-refractivity contribution in [1.29, 1.82) is 0 Å². The molecule has 1 rings (SSSR count). The maximum atomic E-state index is 11.2. The molecule has 1 amide bonds. The van der Waals surface area contributed by atoms with E-state index < -0.39 is 6.04 Å². The molecular formula is C11H17ClN2O2. The van der Waals surface area contributed by atoms with Crippen LogP contribution in [0.5, 0.6) is 0 Å². The standard InChI is InChI=1S/C11H16N2O2.ClH/c1-8(12)11(15)13-10-4-2-9(3-5-10)6-7-14;/h2-5,8,14H,6-7,12H2,1H3,(H,13,15);1H/t8-;/m1./s1. The van der Waals surface area contributed by atoms with Crippen LogP contribution < -0.4 is 11.1 Å². The topological polar surface area (TPSA) is 75.4 Å². The molecule has 4 nitrogen and oxygen atoms in total. The third kappa shape index (κ3) is 4.61. The number of hydrogen-bond acceptors (Lipinski definition) is 3. The van der Waals surface area contributed by atoms with Gasteiger partial charge in [0.2, 0.25) is 5.91 Å². The molecule has 90 valence electrons. The highest BCUT2D eigenvalue weighted by atomic mass is 35.5. The van der Waals surface area contributed by atoms with Crippen molar-refractivity contribution in [3.8, 4) is 0 Å². The quantitative estimate of drug-likeness (QED) is 0.738. The highest BCUT2D eigenvalue weighted by molar-refractivity contribution is 5.94. The van der Waals surface area contributed by atoms with Crippen LogP contribution in [0.15, 0.2) is 24.3 Å². The van der Waals surface area contributed by atoms with Gasteiger partial charge in [0.25, 0.3) is 0 Å². The molecule has 0 aliphatic carbocycles. The van der Waals surface area contributed by atoms with Gasteiger partial charge in [-0.1, -0.05) is 12.1 Å². The minimum absolute atomic E-state index is 0. The van der Waals surface area contributed by atoms with E-state index in [2.05, 4.69) is 5.32 Å². The Morgan fingerprint density at radius 3 is 2.44 bits per heavy atom. The van der Waals surface area contributed by atoms with E-state index in [0.717, 1.165) is 11.3 Å². The maximum Gasteiger partial charge on any atom is 0.240 e. The zero-order valence-electron chi connectivity index (χ0n) is 9.14. The van der Waals surface area contributed by atoms with Gasteiger partial charge in [0.05, 0.1) is 6.04 Å². The largest absolute Gasteiger partial charge is 0.396 e. The third-order valence-electron chi connectivity index (χ3n) is 2.04. The maximum absolute atomic E-state index is 11.2. The van der Waals surface area contributed by atoms with Crippen molar-refractivity contribution < 1.29 is 9.90 Å². The highest BCUT2D eigenvalue weighted by Gasteiger charge is 2.06. The molecule has 1 aromatic carbocycles. The normalized spacial score (nSPS) is 11.4. The summed E-state index contributed by atoms with van der Waals surface area (Å²) in [6.45, 7) is 1.76. The van der Waals surface area contributed by atoms with Gasteiger partial charge >= 0.3 is 0 Å². The predicted octanol–water partition coefficient (Wildman–Crippen LogP) is 0.929. The first-order valence-corrected chi connectivity index (χ1v) is 4.89. The fourth-order valence-electron chi connectivity index (χ4n) is 1.14. The molecule has 4 N–H and O–H groups in total. The lowest BCUT2D eigenvalue weighted by atomic mass is 10.1. The Hall–Kier alpha value is -1.10. The first kappa shape index (κ1) is 14.9.